The lowest BCUT2D eigenvalue weighted by molar-refractivity contribution is -0.125. The zero-order valence-electron chi connectivity index (χ0n) is 18.0. The monoisotopic (exact) mass is 474 g/mol. The molecule has 1 atom stereocenters. The minimum atomic E-state index is -3.40. The normalized spacial score (nSPS) is 22.7. The molecule has 11 nitrogen and oxygen atoms in total. The Kier molecular flexibility index (Phi) is 4.76. The van der Waals surface area contributed by atoms with Crippen LogP contribution < -0.4 is 15.4 Å². The zero-order chi connectivity index (χ0) is 23.5. The van der Waals surface area contributed by atoms with Gasteiger partial charge in [0.1, 0.15) is 17.3 Å². The van der Waals surface area contributed by atoms with E-state index < -0.39 is 27.5 Å². The van der Waals surface area contributed by atoms with E-state index in [4.69, 9.17) is 9.15 Å². The van der Waals surface area contributed by atoms with E-state index in [0.717, 1.165) is 11.8 Å². The minimum Gasteiger partial charge on any atom is -0.497 e. The molecule has 3 aliphatic heterocycles. The molecule has 12 heteroatoms. The van der Waals surface area contributed by atoms with Gasteiger partial charge in [-0.25, -0.2) is 13.2 Å². The first-order valence-corrected chi connectivity index (χ1v) is 12.1. The van der Waals surface area contributed by atoms with Crippen LogP contribution in [0.2, 0.25) is 0 Å². The van der Waals surface area contributed by atoms with Crippen LogP contribution >= 0.6 is 0 Å². The third-order valence-corrected chi connectivity index (χ3v) is 7.54. The van der Waals surface area contributed by atoms with Crippen LogP contribution in [-0.2, 0) is 39.9 Å². The highest BCUT2D eigenvalue weighted by Crippen LogP contribution is 2.35. The number of sulfonamides is 1. The molecular weight excluding hydrogens is 452 g/mol. The Morgan fingerprint density at radius 3 is 2.61 bits per heavy atom. The molecule has 1 fully saturated rings. The second-order valence-corrected chi connectivity index (χ2v) is 10.4. The summed E-state index contributed by atoms with van der Waals surface area (Å²) < 4.78 is 36.4. The summed E-state index contributed by atoms with van der Waals surface area (Å²) in [4.78, 5) is 39.7. The predicted molar refractivity (Wildman–Crippen MR) is 114 cm³/mol. The van der Waals surface area contributed by atoms with Crippen molar-refractivity contribution in [2.45, 2.75) is 25.0 Å². The van der Waals surface area contributed by atoms with Crippen LogP contribution in [0.1, 0.15) is 33.0 Å². The highest BCUT2D eigenvalue weighted by Gasteiger charge is 2.53. The van der Waals surface area contributed by atoms with E-state index in [9.17, 15) is 22.8 Å². The van der Waals surface area contributed by atoms with Crippen molar-refractivity contribution in [1.29, 1.82) is 0 Å². The predicted octanol–water partition coefficient (Wildman–Crippen LogP) is 0.297. The highest BCUT2D eigenvalue weighted by atomic mass is 32.2. The van der Waals surface area contributed by atoms with Crippen LogP contribution in [-0.4, -0.2) is 61.9 Å². The van der Waals surface area contributed by atoms with Crippen LogP contribution in [0.3, 0.4) is 0 Å². The minimum absolute atomic E-state index is 0.108. The van der Waals surface area contributed by atoms with Crippen LogP contribution in [0, 0.1) is 0 Å². The molecule has 0 bridgehead atoms. The number of methoxy groups -OCH3 is 1. The van der Waals surface area contributed by atoms with Crippen molar-refractivity contribution in [3.63, 3.8) is 0 Å². The molecule has 1 aromatic carbocycles. The fourth-order valence-corrected chi connectivity index (χ4v) is 5.33. The largest absolute Gasteiger partial charge is 0.497 e. The molecule has 3 aliphatic rings. The molecule has 4 heterocycles. The number of hydrogen-bond acceptors (Lipinski definition) is 7. The van der Waals surface area contributed by atoms with Crippen LogP contribution in [0.5, 0.6) is 5.75 Å². The number of benzene rings is 1. The first-order chi connectivity index (χ1) is 15.6. The summed E-state index contributed by atoms with van der Waals surface area (Å²) in [6.07, 6.45) is 1.47. The second kappa shape index (κ2) is 7.32. The average molecular weight is 474 g/mol. The molecule has 1 saturated heterocycles. The molecule has 2 aromatic rings. The van der Waals surface area contributed by atoms with Crippen molar-refractivity contribution >= 4 is 27.9 Å². The maximum absolute atomic E-state index is 13.1. The number of nitrogens with zero attached hydrogens (tertiary/aromatic N) is 2. The zero-order valence-corrected chi connectivity index (χ0v) is 18.8. The number of ether oxygens (including phenoxy) is 1. The molecule has 4 amide bonds. The first kappa shape index (κ1) is 21.5. The summed E-state index contributed by atoms with van der Waals surface area (Å²) >= 11 is 0. The average Bonchev–Trinajstić information content (AvgIpc) is 3.41. The van der Waals surface area contributed by atoms with Gasteiger partial charge in [0.15, 0.2) is 5.54 Å². The molecule has 0 spiro atoms. The molecule has 174 valence electrons. The van der Waals surface area contributed by atoms with Gasteiger partial charge in [-0.05, 0) is 23.8 Å². The maximum atomic E-state index is 13.1. The van der Waals surface area contributed by atoms with Gasteiger partial charge in [0, 0.05) is 37.2 Å². The van der Waals surface area contributed by atoms with Gasteiger partial charge in [0.25, 0.3) is 11.8 Å². The quantitative estimate of drug-likeness (QED) is 0.594. The highest BCUT2D eigenvalue weighted by molar-refractivity contribution is 7.88. The Labute approximate surface area is 189 Å². The molecular formula is C21H22N4O7S. The Hall–Kier alpha value is -3.38. The Morgan fingerprint density at radius 2 is 1.94 bits per heavy atom. The number of imide groups is 1. The fourth-order valence-electron chi connectivity index (χ4n) is 4.54. The van der Waals surface area contributed by atoms with Crippen molar-refractivity contribution in [1.82, 2.24) is 19.8 Å². The SMILES string of the molecule is COc1ccc2c(c1)C(=O)N(C[C@@]1(c3cc4c(o3)CCN(S(C)(=O)=O)C4)NC(=O)NC1=O)C2. The third kappa shape index (κ3) is 3.45. The molecule has 33 heavy (non-hydrogen) atoms. The van der Waals surface area contributed by atoms with E-state index >= 15 is 0 Å². The molecule has 0 aliphatic carbocycles. The molecule has 1 aromatic heterocycles. The van der Waals surface area contributed by atoms with Crippen LogP contribution in [0.4, 0.5) is 4.79 Å². The number of rotatable bonds is 5. The number of urea groups is 1. The molecule has 2 N–H and O–H groups in total. The third-order valence-electron chi connectivity index (χ3n) is 6.29. The lowest BCUT2D eigenvalue weighted by Crippen LogP contribution is -2.52. The number of nitrogens with one attached hydrogen (secondary N) is 2. The molecule has 0 saturated carbocycles. The summed E-state index contributed by atoms with van der Waals surface area (Å²) in [6.45, 7) is 0.469. The number of carbonyl (C=O) groups is 3. The van der Waals surface area contributed by atoms with Gasteiger partial charge in [-0.3, -0.25) is 14.9 Å². The van der Waals surface area contributed by atoms with Gasteiger partial charge in [0.2, 0.25) is 10.0 Å². The molecule has 0 unspecified atom stereocenters. The summed E-state index contributed by atoms with van der Waals surface area (Å²) in [5.74, 6) is 0.322. The van der Waals surface area contributed by atoms with Crippen molar-refractivity contribution in [3.05, 3.63) is 52.5 Å². The smallest absolute Gasteiger partial charge is 0.322 e. The van der Waals surface area contributed by atoms with E-state index in [-0.39, 0.29) is 37.8 Å². The second-order valence-electron chi connectivity index (χ2n) is 8.40. The van der Waals surface area contributed by atoms with Gasteiger partial charge in [-0.2, -0.15) is 4.31 Å². The van der Waals surface area contributed by atoms with E-state index in [0.29, 0.717) is 29.1 Å². The first-order valence-electron chi connectivity index (χ1n) is 10.3. The Balaban J connectivity index is 1.49. The van der Waals surface area contributed by atoms with Gasteiger partial charge < -0.3 is 19.4 Å². The standard InChI is InChI=1S/C21H22N4O7S/c1-31-14-4-3-12-9-24(18(26)15(12)8-14)11-21(19(27)22-20(28)23-21)17-7-13-10-25(33(2,29)30)6-5-16(13)32-17/h3-4,7-8H,5-6,9-11H2,1-2H3,(H2,22,23,27,28)/t21-/m0/s1. The lowest BCUT2D eigenvalue weighted by atomic mass is 9.94. The van der Waals surface area contributed by atoms with E-state index in [1.54, 1.807) is 24.3 Å². The van der Waals surface area contributed by atoms with Crippen molar-refractivity contribution in [3.8, 4) is 5.75 Å². The van der Waals surface area contributed by atoms with Crippen molar-refractivity contribution in [2.24, 2.45) is 0 Å². The summed E-state index contributed by atoms with van der Waals surface area (Å²) in [5.41, 5.74) is 0.238. The maximum Gasteiger partial charge on any atom is 0.322 e. The number of furan rings is 1. The summed E-state index contributed by atoms with van der Waals surface area (Å²) in [6, 6.07) is 6.08. The Morgan fingerprint density at radius 1 is 1.15 bits per heavy atom. The fraction of sp³-hybridized carbons (Fsp3) is 0.381. The molecule has 5 rings (SSSR count). The van der Waals surface area contributed by atoms with Gasteiger partial charge in [-0.1, -0.05) is 6.07 Å². The van der Waals surface area contributed by atoms with Crippen LogP contribution in [0.15, 0.2) is 28.7 Å². The summed E-state index contributed by atoms with van der Waals surface area (Å²) in [5, 5.41) is 4.87. The van der Waals surface area contributed by atoms with Gasteiger partial charge >= 0.3 is 6.03 Å². The Bertz CT molecular complexity index is 1300. The van der Waals surface area contributed by atoms with Crippen LogP contribution in [0.25, 0.3) is 0 Å². The van der Waals surface area contributed by atoms with Crippen molar-refractivity contribution in [2.75, 3.05) is 26.5 Å². The van der Waals surface area contributed by atoms with Gasteiger partial charge in [-0.15, -0.1) is 0 Å². The number of carbonyl (C=O) groups excluding carboxylic acids is 3. The summed E-state index contributed by atoms with van der Waals surface area (Å²) in [7, 11) is -1.89. The number of amides is 4. The van der Waals surface area contributed by atoms with E-state index in [2.05, 4.69) is 10.6 Å². The molecule has 0 radical (unpaired) electrons. The topological polar surface area (TPSA) is 138 Å². The number of fused-ring (bicyclic) bond motifs is 2. The van der Waals surface area contributed by atoms with E-state index in [1.807, 2.05) is 0 Å². The van der Waals surface area contributed by atoms with Crippen molar-refractivity contribution < 1.29 is 32.0 Å². The lowest BCUT2D eigenvalue weighted by Gasteiger charge is -2.29. The van der Waals surface area contributed by atoms with Gasteiger partial charge in [0.05, 0.1) is 19.9 Å². The number of hydrogen-bond donors (Lipinski definition) is 2. The van der Waals surface area contributed by atoms with E-state index in [1.165, 1.54) is 16.3 Å².